The molecule has 0 N–H and O–H groups in total. The summed E-state index contributed by atoms with van der Waals surface area (Å²) in [6, 6.07) is 64.6. The Bertz CT molecular complexity index is 2890. The van der Waals surface area contributed by atoms with Gasteiger partial charge in [-0.15, -0.1) is 11.3 Å². The van der Waals surface area contributed by atoms with E-state index in [4.69, 9.17) is 24.9 Å². The molecule has 0 aliphatic heterocycles. The van der Waals surface area contributed by atoms with Crippen molar-refractivity contribution in [1.82, 2.24) is 24.9 Å². The molecule has 3 aromatic heterocycles. The van der Waals surface area contributed by atoms with Crippen molar-refractivity contribution in [3.8, 4) is 79.2 Å². The number of hydrogen-bond acceptors (Lipinski definition) is 6. The van der Waals surface area contributed by atoms with Crippen molar-refractivity contribution in [1.29, 1.82) is 0 Å². The lowest BCUT2D eigenvalue weighted by molar-refractivity contribution is 1.08. The maximum Gasteiger partial charge on any atom is 0.164 e. The van der Waals surface area contributed by atoms with Crippen molar-refractivity contribution >= 4 is 31.5 Å². The van der Waals surface area contributed by atoms with E-state index >= 15 is 0 Å². The molecular formula is C49H31N5S. The Morgan fingerprint density at radius 3 is 1.33 bits per heavy atom. The lowest BCUT2D eigenvalue weighted by Gasteiger charge is -2.11. The van der Waals surface area contributed by atoms with E-state index in [1.165, 1.54) is 15.8 Å². The molecule has 258 valence electrons. The second kappa shape index (κ2) is 14.0. The van der Waals surface area contributed by atoms with Gasteiger partial charge in [-0.2, -0.15) is 0 Å². The summed E-state index contributed by atoms with van der Waals surface area (Å²) in [5.74, 6) is 2.63. The van der Waals surface area contributed by atoms with Crippen molar-refractivity contribution in [3.63, 3.8) is 0 Å². The third kappa shape index (κ3) is 6.35. The number of thiophene rings is 1. The molecule has 5 nitrogen and oxygen atoms in total. The van der Waals surface area contributed by atoms with E-state index in [0.717, 1.165) is 60.2 Å². The van der Waals surface area contributed by atoms with Crippen molar-refractivity contribution in [2.75, 3.05) is 0 Å². The maximum absolute atomic E-state index is 5.13. The van der Waals surface area contributed by atoms with E-state index in [-0.39, 0.29) is 0 Å². The standard InChI is InChI=1S/C49H31N5S/c1-5-14-32(15-6-1)33-24-26-34(27-25-33)41-31-42(51-46(50-41)35-16-7-2-8-17-35)38-28-29-39-44(30-38)55-43-23-13-22-40(45(39)43)49-53-47(36-18-9-3-10-19-36)52-48(54-49)37-20-11-4-12-21-37/h1-31H. The van der Waals surface area contributed by atoms with Crippen molar-refractivity contribution < 1.29 is 0 Å². The smallest absolute Gasteiger partial charge is 0.164 e. The van der Waals surface area contributed by atoms with Gasteiger partial charge in [-0.25, -0.2) is 24.9 Å². The summed E-state index contributed by atoms with van der Waals surface area (Å²) in [4.78, 5) is 25.3. The van der Waals surface area contributed by atoms with Crippen LogP contribution in [-0.2, 0) is 0 Å². The van der Waals surface area contributed by atoms with Crippen LogP contribution in [0.1, 0.15) is 0 Å². The van der Waals surface area contributed by atoms with Gasteiger partial charge in [-0.1, -0.05) is 170 Å². The predicted octanol–water partition coefficient (Wildman–Crippen LogP) is 12.7. The van der Waals surface area contributed by atoms with Crippen LogP contribution in [0.25, 0.3) is 99.4 Å². The van der Waals surface area contributed by atoms with Crippen LogP contribution in [0.5, 0.6) is 0 Å². The second-order valence-corrected chi connectivity index (χ2v) is 14.4. The van der Waals surface area contributed by atoms with Crippen LogP contribution >= 0.6 is 11.3 Å². The van der Waals surface area contributed by atoms with Crippen LogP contribution in [0, 0.1) is 0 Å². The van der Waals surface area contributed by atoms with E-state index in [0.29, 0.717) is 23.3 Å². The third-order valence-electron chi connectivity index (χ3n) is 9.78. The lowest BCUT2D eigenvalue weighted by atomic mass is 10.0. The zero-order valence-electron chi connectivity index (χ0n) is 29.5. The summed E-state index contributed by atoms with van der Waals surface area (Å²) in [6.45, 7) is 0. The number of aromatic nitrogens is 5. The number of fused-ring (bicyclic) bond motifs is 3. The molecule has 0 amide bonds. The van der Waals surface area contributed by atoms with Crippen LogP contribution in [0.15, 0.2) is 188 Å². The summed E-state index contributed by atoms with van der Waals surface area (Å²) >= 11 is 1.77. The van der Waals surface area contributed by atoms with E-state index in [9.17, 15) is 0 Å². The Kier molecular flexibility index (Phi) is 8.28. The van der Waals surface area contributed by atoms with Gasteiger partial charge in [0.1, 0.15) is 0 Å². The molecule has 0 unspecified atom stereocenters. The normalized spacial score (nSPS) is 11.3. The largest absolute Gasteiger partial charge is 0.228 e. The average molecular weight is 722 g/mol. The Morgan fingerprint density at radius 1 is 0.291 bits per heavy atom. The zero-order valence-corrected chi connectivity index (χ0v) is 30.4. The fourth-order valence-electron chi connectivity index (χ4n) is 7.02. The highest BCUT2D eigenvalue weighted by atomic mass is 32.1. The molecule has 55 heavy (non-hydrogen) atoms. The SMILES string of the molecule is c1ccc(-c2ccc(-c3cc(-c4ccc5c(c4)sc4cccc(-c6nc(-c7ccccc7)nc(-c7ccccc7)n6)c45)nc(-c4ccccc4)n3)cc2)cc1. The molecule has 0 atom stereocenters. The molecule has 0 aliphatic rings. The second-order valence-electron chi connectivity index (χ2n) is 13.3. The zero-order chi connectivity index (χ0) is 36.6. The summed E-state index contributed by atoms with van der Waals surface area (Å²) in [7, 11) is 0. The Hall–Kier alpha value is -7.15. The number of benzene rings is 7. The summed E-state index contributed by atoms with van der Waals surface area (Å²) in [5.41, 5.74) is 10.0. The first-order valence-electron chi connectivity index (χ1n) is 18.2. The third-order valence-corrected chi connectivity index (χ3v) is 10.9. The minimum absolute atomic E-state index is 0.645. The molecule has 0 aliphatic carbocycles. The first kappa shape index (κ1) is 32.5. The van der Waals surface area contributed by atoms with Gasteiger partial charge in [-0.05, 0) is 29.3 Å². The van der Waals surface area contributed by atoms with Gasteiger partial charge in [0, 0.05) is 53.6 Å². The van der Waals surface area contributed by atoms with Gasteiger partial charge in [-0.3, -0.25) is 0 Å². The van der Waals surface area contributed by atoms with Gasteiger partial charge < -0.3 is 0 Å². The molecule has 0 bridgehead atoms. The molecule has 10 aromatic rings. The number of hydrogen-bond donors (Lipinski definition) is 0. The van der Waals surface area contributed by atoms with E-state index in [2.05, 4.69) is 103 Å². The van der Waals surface area contributed by atoms with Crippen molar-refractivity contribution in [2.24, 2.45) is 0 Å². The first-order valence-corrected chi connectivity index (χ1v) is 19.0. The minimum Gasteiger partial charge on any atom is -0.228 e. The minimum atomic E-state index is 0.645. The van der Waals surface area contributed by atoms with E-state index < -0.39 is 0 Å². The quantitative estimate of drug-likeness (QED) is 0.164. The Morgan fingerprint density at radius 2 is 0.745 bits per heavy atom. The predicted molar refractivity (Wildman–Crippen MR) is 226 cm³/mol. The van der Waals surface area contributed by atoms with Crippen LogP contribution in [0.4, 0.5) is 0 Å². The number of nitrogens with zero attached hydrogens (tertiary/aromatic N) is 5. The first-order chi connectivity index (χ1) is 27.2. The molecule has 6 heteroatoms. The molecule has 0 radical (unpaired) electrons. The molecule has 10 rings (SSSR count). The maximum atomic E-state index is 5.13. The fraction of sp³-hybridized carbons (Fsp3) is 0. The number of rotatable bonds is 7. The molecule has 0 spiro atoms. The summed E-state index contributed by atoms with van der Waals surface area (Å²) in [5, 5.41) is 2.28. The molecule has 3 heterocycles. The van der Waals surface area contributed by atoms with Crippen LogP contribution in [0.3, 0.4) is 0 Å². The van der Waals surface area contributed by atoms with Crippen LogP contribution < -0.4 is 0 Å². The molecule has 7 aromatic carbocycles. The molecular weight excluding hydrogens is 691 g/mol. The van der Waals surface area contributed by atoms with Gasteiger partial charge in [0.05, 0.1) is 11.4 Å². The van der Waals surface area contributed by atoms with Crippen LogP contribution in [-0.4, -0.2) is 24.9 Å². The van der Waals surface area contributed by atoms with Crippen LogP contribution in [0.2, 0.25) is 0 Å². The van der Waals surface area contributed by atoms with E-state index in [1.54, 1.807) is 11.3 Å². The highest BCUT2D eigenvalue weighted by molar-refractivity contribution is 7.26. The van der Waals surface area contributed by atoms with Crippen molar-refractivity contribution in [3.05, 3.63) is 188 Å². The molecule has 0 fully saturated rings. The fourth-order valence-corrected chi connectivity index (χ4v) is 8.20. The highest BCUT2D eigenvalue weighted by Crippen LogP contribution is 2.41. The van der Waals surface area contributed by atoms with Gasteiger partial charge in [0.2, 0.25) is 0 Å². The van der Waals surface area contributed by atoms with E-state index in [1.807, 2.05) is 84.9 Å². The monoisotopic (exact) mass is 721 g/mol. The summed E-state index contributed by atoms with van der Waals surface area (Å²) in [6.07, 6.45) is 0. The molecule has 0 saturated heterocycles. The topological polar surface area (TPSA) is 64.5 Å². The lowest BCUT2D eigenvalue weighted by Crippen LogP contribution is -2.00. The molecule has 0 saturated carbocycles. The Labute approximate surface area is 322 Å². The summed E-state index contributed by atoms with van der Waals surface area (Å²) < 4.78 is 2.33. The Balaban J connectivity index is 1.10. The van der Waals surface area contributed by atoms with Gasteiger partial charge in [0.25, 0.3) is 0 Å². The van der Waals surface area contributed by atoms with Crippen molar-refractivity contribution in [2.45, 2.75) is 0 Å². The highest BCUT2D eigenvalue weighted by Gasteiger charge is 2.18. The van der Waals surface area contributed by atoms with Gasteiger partial charge >= 0.3 is 0 Å². The average Bonchev–Trinajstić information content (AvgIpc) is 3.66. The van der Waals surface area contributed by atoms with Gasteiger partial charge in [0.15, 0.2) is 23.3 Å².